The molecule has 8 nitrogen and oxygen atoms in total. The molecule has 0 amide bonds. The predicted octanol–water partition coefficient (Wildman–Crippen LogP) is 12.2. The van der Waals surface area contributed by atoms with Gasteiger partial charge in [0.1, 0.15) is 16.5 Å². The van der Waals surface area contributed by atoms with Crippen molar-refractivity contribution >= 4 is 28.7 Å². The average molecular weight is 728 g/mol. The van der Waals surface area contributed by atoms with E-state index in [9.17, 15) is 4.79 Å². The van der Waals surface area contributed by atoms with Crippen LogP contribution in [-0.2, 0) is 0 Å². The summed E-state index contributed by atoms with van der Waals surface area (Å²) in [6.45, 7) is 5.91. The van der Waals surface area contributed by atoms with Crippen molar-refractivity contribution in [2.75, 3.05) is 20.3 Å². The van der Waals surface area contributed by atoms with Crippen molar-refractivity contribution in [2.24, 2.45) is 4.99 Å². The second kappa shape index (κ2) is 24.1. The average Bonchev–Trinajstić information content (AvgIpc) is 3.66. The van der Waals surface area contributed by atoms with Gasteiger partial charge in [0.25, 0.3) is 0 Å². The fraction of sp³-hybridized carbons (Fsp3) is 0.488. The quantitative estimate of drug-likeness (QED) is 0.0275. The molecular formula is C43H57N3O5S. The molecule has 0 saturated carbocycles. The van der Waals surface area contributed by atoms with Crippen molar-refractivity contribution in [3.05, 3.63) is 77.9 Å². The van der Waals surface area contributed by atoms with E-state index in [1.807, 2.05) is 30.3 Å². The van der Waals surface area contributed by atoms with Crippen molar-refractivity contribution in [1.82, 2.24) is 10.2 Å². The van der Waals surface area contributed by atoms with Crippen LogP contribution in [0.1, 0.15) is 133 Å². The Hall–Kier alpha value is -4.24. The lowest BCUT2D eigenvalue weighted by Gasteiger charge is -2.10. The predicted molar refractivity (Wildman–Crippen MR) is 213 cm³/mol. The van der Waals surface area contributed by atoms with Gasteiger partial charge in [-0.2, -0.15) is 0 Å². The maximum atomic E-state index is 12.9. The van der Waals surface area contributed by atoms with E-state index in [1.54, 1.807) is 42.6 Å². The normalized spacial score (nSPS) is 11.2. The number of carbonyl (C=O) groups is 1. The first-order valence-electron chi connectivity index (χ1n) is 19.3. The second-order valence-electron chi connectivity index (χ2n) is 13.1. The Balaban J connectivity index is 1.19. The molecule has 4 rings (SSSR count). The summed E-state index contributed by atoms with van der Waals surface area (Å²) in [4.78, 5) is 17.4. The highest BCUT2D eigenvalue weighted by Gasteiger charge is 2.14. The number of unbranched alkanes of at least 4 members (excludes halogenated alkanes) is 14. The Kier molecular flexibility index (Phi) is 18.8. The third-order valence-electron chi connectivity index (χ3n) is 8.85. The second-order valence-corrected chi connectivity index (χ2v) is 14.1. The maximum Gasteiger partial charge on any atom is 0.343 e. The van der Waals surface area contributed by atoms with Crippen molar-refractivity contribution in [2.45, 2.75) is 117 Å². The summed E-state index contributed by atoms with van der Waals surface area (Å²) in [5.74, 6) is 1.88. The van der Waals surface area contributed by atoms with Gasteiger partial charge < -0.3 is 18.9 Å². The zero-order valence-corrected chi connectivity index (χ0v) is 32.3. The standard InChI is InChI=1S/C43H57N3O5S/c1-4-6-8-10-12-14-16-18-30-49-37-25-21-35(22-26-37)41-45-46-43(52-41)44-33-34-20-29-39(40(32-34)48-3)51-42(47)36-23-27-38(28-24-36)50-31-19-17-15-13-11-9-7-5-2/h20-29,32-33H,4-19,30-31H2,1-3H3/b44-33+. The van der Waals surface area contributed by atoms with Crippen LogP contribution in [0, 0.1) is 0 Å². The molecule has 1 aromatic heterocycles. The molecule has 0 atom stereocenters. The van der Waals surface area contributed by atoms with E-state index in [-0.39, 0.29) is 0 Å². The van der Waals surface area contributed by atoms with E-state index < -0.39 is 5.97 Å². The molecule has 0 N–H and O–H groups in total. The van der Waals surface area contributed by atoms with Gasteiger partial charge in [0, 0.05) is 11.8 Å². The lowest BCUT2D eigenvalue weighted by Crippen LogP contribution is -2.09. The first-order chi connectivity index (χ1) is 25.6. The van der Waals surface area contributed by atoms with Crippen LogP contribution in [0.4, 0.5) is 5.13 Å². The van der Waals surface area contributed by atoms with Gasteiger partial charge in [-0.25, -0.2) is 9.79 Å². The largest absolute Gasteiger partial charge is 0.494 e. The van der Waals surface area contributed by atoms with Crippen LogP contribution in [0.2, 0.25) is 0 Å². The Morgan fingerprint density at radius 2 is 1.19 bits per heavy atom. The van der Waals surface area contributed by atoms with Gasteiger partial charge in [-0.15, -0.1) is 10.2 Å². The van der Waals surface area contributed by atoms with Gasteiger partial charge in [0.15, 0.2) is 11.5 Å². The number of hydrogen-bond acceptors (Lipinski definition) is 9. The highest BCUT2D eigenvalue weighted by molar-refractivity contribution is 7.18. The molecule has 0 unspecified atom stereocenters. The molecule has 0 bridgehead atoms. The van der Waals surface area contributed by atoms with Crippen LogP contribution in [0.3, 0.4) is 0 Å². The third-order valence-corrected chi connectivity index (χ3v) is 9.73. The number of methoxy groups -OCH3 is 1. The van der Waals surface area contributed by atoms with Crippen LogP contribution >= 0.6 is 11.3 Å². The van der Waals surface area contributed by atoms with Gasteiger partial charge in [-0.05, 0) is 85.1 Å². The molecule has 0 radical (unpaired) electrons. The number of esters is 1. The molecule has 0 fully saturated rings. The number of carbonyl (C=O) groups excluding carboxylic acids is 1. The van der Waals surface area contributed by atoms with Crippen molar-refractivity contribution in [3.63, 3.8) is 0 Å². The van der Waals surface area contributed by atoms with Gasteiger partial charge in [0.2, 0.25) is 5.13 Å². The number of aliphatic imine (C=N–C) groups is 1. The van der Waals surface area contributed by atoms with Gasteiger partial charge in [-0.1, -0.05) is 115 Å². The van der Waals surface area contributed by atoms with Crippen LogP contribution in [0.5, 0.6) is 23.0 Å². The number of nitrogens with zero attached hydrogens (tertiary/aromatic N) is 3. The number of rotatable bonds is 26. The van der Waals surface area contributed by atoms with Crippen molar-refractivity contribution in [3.8, 4) is 33.6 Å². The third kappa shape index (κ3) is 14.8. The number of ether oxygens (including phenoxy) is 4. The SMILES string of the molecule is CCCCCCCCCCOc1ccc(C(=O)Oc2ccc(/C=N/c3nnc(-c4ccc(OCCCCCCCCCC)cc4)s3)cc2OC)cc1. The van der Waals surface area contributed by atoms with E-state index in [0.717, 1.165) is 47.1 Å². The summed E-state index contributed by atoms with van der Waals surface area (Å²) >= 11 is 1.40. The Morgan fingerprint density at radius 3 is 1.75 bits per heavy atom. The minimum Gasteiger partial charge on any atom is -0.494 e. The minimum absolute atomic E-state index is 0.322. The molecule has 0 aliphatic rings. The monoisotopic (exact) mass is 727 g/mol. The smallest absolute Gasteiger partial charge is 0.343 e. The summed E-state index contributed by atoms with van der Waals surface area (Å²) in [7, 11) is 1.54. The summed E-state index contributed by atoms with van der Waals surface area (Å²) < 4.78 is 23.0. The summed E-state index contributed by atoms with van der Waals surface area (Å²) in [6, 6.07) is 20.3. The van der Waals surface area contributed by atoms with Crippen molar-refractivity contribution < 1.29 is 23.7 Å². The van der Waals surface area contributed by atoms with E-state index in [1.165, 1.54) is 108 Å². The van der Waals surface area contributed by atoms with E-state index in [0.29, 0.717) is 28.8 Å². The summed E-state index contributed by atoms with van der Waals surface area (Å²) in [6.07, 6.45) is 22.0. The fourth-order valence-corrected chi connectivity index (χ4v) is 6.45. The highest BCUT2D eigenvalue weighted by Crippen LogP contribution is 2.31. The van der Waals surface area contributed by atoms with Crippen molar-refractivity contribution in [1.29, 1.82) is 0 Å². The lowest BCUT2D eigenvalue weighted by atomic mass is 10.1. The molecule has 0 aliphatic carbocycles. The van der Waals surface area contributed by atoms with E-state index >= 15 is 0 Å². The zero-order chi connectivity index (χ0) is 36.6. The zero-order valence-electron chi connectivity index (χ0n) is 31.4. The minimum atomic E-state index is -0.473. The molecule has 0 saturated heterocycles. The van der Waals surface area contributed by atoms with E-state index in [2.05, 4.69) is 29.0 Å². The molecule has 52 heavy (non-hydrogen) atoms. The van der Waals surface area contributed by atoms with E-state index in [4.69, 9.17) is 18.9 Å². The fourth-order valence-electron chi connectivity index (χ4n) is 5.75. The molecule has 3 aromatic carbocycles. The number of aromatic nitrogens is 2. The summed E-state index contributed by atoms with van der Waals surface area (Å²) in [5, 5.41) is 9.88. The van der Waals surface area contributed by atoms with Crippen LogP contribution in [-0.4, -0.2) is 42.7 Å². The van der Waals surface area contributed by atoms with Crippen LogP contribution in [0.25, 0.3) is 10.6 Å². The topological polar surface area (TPSA) is 92.1 Å². The first kappa shape index (κ1) is 40.5. The molecule has 280 valence electrons. The number of hydrogen-bond donors (Lipinski definition) is 0. The molecule has 0 spiro atoms. The van der Waals surface area contributed by atoms with Gasteiger partial charge in [0.05, 0.1) is 25.9 Å². The summed E-state index contributed by atoms with van der Waals surface area (Å²) in [5.41, 5.74) is 2.16. The molecular weight excluding hydrogens is 671 g/mol. The Morgan fingerprint density at radius 1 is 0.654 bits per heavy atom. The lowest BCUT2D eigenvalue weighted by molar-refractivity contribution is 0.0729. The molecule has 0 aliphatic heterocycles. The Bertz CT molecular complexity index is 1600. The maximum absolute atomic E-state index is 12.9. The molecule has 9 heteroatoms. The Labute approximate surface area is 315 Å². The van der Waals surface area contributed by atoms with Crippen LogP contribution in [0.15, 0.2) is 71.7 Å². The molecule has 1 heterocycles. The highest BCUT2D eigenvalue weighted by atomic mass is 32.1. The van der Waals surface area contributed by atoms with Gasteiger partial charge >= 0.3 is 5.97 Å². The van der Waals surface area contributed by atoms with Crippen LogP contribution < -0.4 is 18.9 Å². The molecule has 4 aromatic rings. The first-order valence-corrected chi connectivity index (χ1v) is 20.1. The van der Waals surface area contributed by atoms with Gasteiger partial charge in [-0.3, -0.25) is 0 Å². The number of benzene rings is 3.